The molecule has 1 atom stereocenters. The zero-order valence-electron chi connectivity index (χ0n) is 22.8. The van der Waals surface area contributed by atoms with Crippen molar-refractivity contribution in [1.29, 1.82) is 0 Å². The summed E-state index contributed by atoms with van der Waals surface area (Å²) in [5.74, 6) is -1.26. The molecule has 15 heteroatoms. The largest absolute Gasteiger partial charge is 0.481 e. The Hall–Kier alpha value is -2.35. The Morgan fingerprint density at radius 3 is 2.37 bits per heavy atom. The van der Waals surface area contributed by atoms with E-state index in [-0.39, 0.29) is 35.2 Å². The SMILES string of the molecule is CC(NS(=O)(=O)c1ccc(-c2cc(C(=O)NCCC(C)(C)C(=O)O)nn2CC2CCCCC2)c(Cl)c1Cl)C(F)(F)F. The van der Waals surface area contributed by atoms with Gasteiger partial charge in [-0.3, -0.25) is 14.3 Å². The number of aliphatic carboxylic acids is 1. The number of carboxylic acid groups (broad SMARTS) is 1. The van der Waals surface area contributed by atoms with Gasteiger partial charge in [0.1, 0.15) is 10.9 Å². The van der Waals surface area contributed by atoms with Crippen molar-refractivity contribution in [1.82, 2.24) is 19.8 Å². The van der Waals surface area contributed by atoms with Crippen molar-refractivity contribution in [2.24, 2.45) is 11.3 Å². The molecule has 1 aliphatic carbocycles. The molecule has 0 aliphatic heterocycles. The number of aromatic nitrogens is 2. The van der Waals surface area contributed by atoms with Crippen LogP contribution >= 0.6 is 23.2 Å². The molecule has 0 bridgehead atoms. The molecular formula is C26H33Cl2F3N4O5S. The van der Waals surface area contributed by atoms with Crippen LogP contribution in [0.2, 0.25) is 10.0 Å². The van der Waals surface area contributed by atoms with Gasteiger partial charge in [0.15, 0.2) is 5.69 Å². The molecule has 1 aromatic carbocycles. The lowest BCUT2D eigenvalue weighted by Gasteiger charge is -2.22. The van der Waals surface area contributed by atoms with E-state index in [1.807, 2.05) is 0 Å². The Kier molecular flexibility index (Phi) is 10.4. The molecule has 2 aromatic rings. The molecule has 1 saturated carbocycles. The third kappa shape index (κ3) is 8.14. The Morgan fingerprint density at radius 2 is 1.78 bits per heavy atom. The first-order valence-corrected chi connectivity index (χ1v) is 15.3. The number of amides is 1. The van der Waals surface area contributed by atoms with Crippen molar-refractivity contribution in [3.63, 3.8) is 0 Å². The number of halogens is 5. The Balaban J connectivity index is 1.95. The minimum Gasteiger partial charge on any atom is -0.481 e. The van der Waals surface area contributed by atoms with E-state index in [0.717, 1.165) is 38.2 Å². The Morgan fingerprint density at radius 1 is 1.15 bits per heavy atom. The van der Waals surface area contributed by atoms with Crippen molar-refractivity contribution >= 4 is 45.1 Å². The maximum atomic E-state index is 13.0. The second-order valence-electron chi connectivity index (χ2n) is 10.9. The van der Waals surface area contributed by atoms with Crippen LogP contribution in [0.4, 0.5) is 13.2 Å². The van der Waals surface area contributed by atoms with Gasteiger partial charge in [-0.1, -0.05) is 42.5 Å². The lowest BCUT2D eigenvalue weighted by molar-refractivity contribution is -0.147. The summed E-state index contributed by atoms with van der Waals surface area (Å²) in [4.78, 5) is 23.7. The van der Waals surface area contributed by atoms with Crippen molar-refractivity contribution in [3.8, 4) is 11.3 Å². The molecule has 1 aliphatic rings. The summed E-state index contributed by atoms with van der Waals surface area (Å²) in [6.07, 6.45) is 0.519. The molecular weight excluding hydrogens is 608 g/mol. The summed E-state index contributed by atoms with van der Waals surface area (Å²) in [5, 5.41) is 15.7. The predicted octanol–water partition coefficient (Wildman–Crippen LogP) is 5.90. The summed E-state index contributed by atoms with van der Waals surface area (Å²) in [6, 6.07) is 1.48. The first-order valence-electron chi connectivity index (χ1n) is 13.1. The van der Waals surface area contributed by atoms with Gasteiger partial charge in [-0.05, 0) is 64.2 Å². The average molecular weight is 642 g/mol. The van der Waals surface area contributed by atoms with Crippen LogP contribution in [0.1, 0.15) is 69.8 Å². The minimum absolute atomic E-state index is 0.0356. The highest BCUT2D eigenvalue weighted by molar-refractivity contribution is 7.89. The highest BCUT2D eigenvalue weighted by Crippen LogP contribution is 2.39. The lowest BCUT2D eigenvalue weighted by atomic mass is 9.89. The number of hydrogen-bond donors (Lipinski definition) is 3. The van der Waals surface area contributed by atoms with Gasteiger partial charge >= 0.3 is 12.1 Å². The van der Waals surface area contributed by atoms with Crippen LogP contribution in [0, 0.1) is 11.3 Å². The van der Waals surface area contributed by atoms with E-state index in [1.165, 1.54) is 12.1 Å². The molecule has 0 saturated heterocycles. The molecule has 0 spiro atoms. The molecule has 1 amide bonds. The van der Waals surface area contributed by atoms with E-state index < -0.39 is 49.5 Å². The fraction of sp³-hybridized carbons (Fsp3) is 0.577. The second-order valence-corrected chi connectivity index (χ2v) is 13.4. The smallest absolute Gasteiger partial charge is 0.404 e. The van der Waals surface area contributed by atoms with E-state index in [9.17, 15) is 36.3 Å². The number of carbonyl (C=O) groups is 2. The van der Waals surface area contributed by atoms with Gasteiger partial charge in [0.2, 0.25) is 10.0 Å². The number of nitrogens with one attached hydrogen (secondary N) is 2. The van der Waals surface area contributed by atoms with Crippen LogP contribution in [0.25, 0.3) is 11.3 Å². The maximum Gasteiger partial charge on any atom is 0.404 e. The van der Waals surface area contributed by atoms with Gasteiger partial charge in [-0.25, -0.2) is 8.42 Å². The van der Waals surface area contributed by atoms with Crippen LogP contribution in [-0.4, -0.2) is 53.9 Å². The quantitative estimate of drug-likeness (QED) is 0.280. The number of sulfonamides is 1. The van der Waals surface area contributed by atoms with E-state index in [4.69, 9.17) is 23.2 Å². The molecule has 3 N–H and O–H groups in total. The van der Waals surface area contributed by atoms with E-state index in [2.05, 4.69) is 10.4 Å². The molecule has 1 fully saturated rings. The topological polar surface area (TPSA) is 130 Å². The number of benzene rings is 1. The predicted molar refractivity (Wildman–Crippen MR) is 148 cm³/mol. The van der Waals surface area contributed by atoms with E-state index >= 15 is 0 Å². The maximum absolute atomic E-state index is 13.0. The molecule has 1 aromatic heterocycles. The first kappa shape index (κ1) is 33.2. The zero-order chi connectivity index (χ0) is 30.8. The molecule has 1 unspecified atom stereocenters. The number of rotatable bonds is 11. The number of hydrogen-bond acceptors (Lipinski definition) is 5. The van der Waals surface area contributed by atoms with E-state index in [0.29, 0.717) is 19.2 Å². The molecule has 0 radical (unpaired) electrons. The molecule has 1 heterocycles. The van der Waals surface area contributed by atoms with E-state index in [1.54, 1.807) is 23.3 Å². The minimum atomic E-state index is -4.81. The third-order valence-electron chi connectivity index (χ3n) is 7.22. The number of alkyl halides is 3. The van der Waals surface area contributed by atoms with Gasteiger partial charge < -0.3 is 10.4 Å². The fourth-order valence-electron chi connectivity index (χ4n) is 4.48. The highest BCUT2D eigenvalue weighted by atomic mass is 35.5. The van der Waals surface area contributed by atoms with Crippen LogP contribution in [0.3, 0.4) is 0 Å². The standard InChI is InChI=1S/C26H33Cl2F3N4O5S/c1-15(26(29,30)31)34-41(39,40)20-10-9-17(21(27)22(20)28)19-13-18(23(36)32-12-11-25(2,3)24(37)38)33-35(19)14-16-7-5-4-6-8-16/h9-10,13,15-16,34H,4-8,11-12,14H2,1-3H3,(H,32,36)(H,37,38). The highest BCUT2D eigenvalue weighted by Gasteiger charge is 2.39. The molecule has 228 valence electrons. The second kappa shape index (κ2) is 12.9. The van der Waals surface area contributed by atoms with Crippen molar-refractivity contribution in [2.75, 3.05) is 6.54 Å². The number of carbonyl (C=O) groups excluding carboxylic acids is 1. The van der Waals surface area contributed by atoms with Crippen molar-refractivity contribution in [3.05, 3.63) is 33.9 Å². The summed E-state index contributed by atoms with van der Waals surface area (Å²) < 4.78 is 67.5. The number of nitrogens with zero attached hydrogens (tertiary/aromatic N) is 2. The molecule has 9 nitrogen and oxygen atoms in total. The van der Waals surface area contributed by atoms with Crippen molar-refractivity contribution < 1.29 is 36.3 Å². The van der Waals surface area contributed by atoms with Gasteiger partial charge in [0.05, 0.1) is 21.2 Å². The van der Waals surface area contributed by atoms with Gasteiger partial charge in [-0.2, -0.15) is 23.0 Å². The Labute approximate surface area is 246 Å². The first-order chi connectivity index (χ1) is 18.9. The van der Waals surface area contributed by atoms with Crippen LogP contribution in [-0.2, 0) is 21.4 Å². The van der Waals surface area contributed by atoms with Gasteiger partial charge in [0.25, 0.3) is 5.91 Å². The van der Waals surface area contributed by atoms with Crippen molar-refractivity contribution in [2.45, 2.75) is 83.0 Å². The van der Waals surface area contributed by atoms with Crippen LogP contribution in [0.5, 0.6) is 0 Å². The average Bonchev–Trinajstić information content (AvgIpc) is 3.28. The fourth-order valence-corrected chi connectivity index (χ4v) is 6.58. The summed E-state index contributed by atoms with van der Waals surface area (Å²) >= 11 is 12.8. The summed E-state index contributed by atoms with van der Waals surface area (Å²) in [6.45, 7) is 4.31. The zero-order valence-corrected chi connectivity index (χ0v) is 25.1. The van der Waals surface area contributed by atoms with Crippen LogP contribution < -0.4 is 10.0 Å². The molecule has 3 rings (SSSR count). The Bertz CT molecular complexity index is 1390. The van der Waals surface area contributed by atoms with Gasteiger partial charge in [0, 0.05) is 18.7 Å². The number of carboxylic acids is 1. The normalized spacial score (nSPS) is 16.0. The summed E-state index contributed by atoms with van der Waals surface area (Å²) in [5.41, 5.74) is -0.390. The lowest BCUT2D eigenvalue weighted by Crippen LogP contribution is -2.43. The summed E-state index contributed by atoms with van der Waals surface area (Å²) in [7, 11) is -4.68. The third-order valence-corrected chi connectivity index (χ3v) is 9.80. The van der Waals surface area contributed by atoms with Gasteiger partial charge in [-0.15, -0.1) is 0 Å². The molecule has 41 heavy (non-hydrogen) atoms. The van der Waals surface area contributed by atoms with Crippen LogP contribution in [0.15, 0.2) is 23.1 Å². The monoisotopic (exact) mass is 640 g/mol.